The minimum atomic E-state index is -0.193. The molecule has 168 valence electrons. The van der Waals surface area contributed by atoms with Gasteiger partial charge < -0.3 is 9.42 Å². The Morgan fingerprint density at radius 3 is 2.47 bits per heavy atom. The SMILES string of the molecule is CN(C)C(c1ccc(F)cc1)C1CCC(/C=C/c2nc(-c3cccc(Cl)c3Cl)no2)CC1. The van der Waals surface area contributed by atoms with Crippen LogP contribution < -0.4 is 0 Å². The van der Waals surface area contributed by atoms with Crippen LogP contribution in [0.1, 0.15) is 43.2 Å². The molecule has 7 heteroatoms. The molecule has 32 heavy (non-hydrogen) atoms. The summed E-state index contributed by atoms with van der Waals surface area (Å²) in [5.41, 5.74) is 1.83. The van der Waals surface area contributed by atoms with Crippen LogP contribution in [0.5, 0.6) is 0 Å². The lowest BCUT2D eigenvalue weighted by Gasteiger charge is -2.37. The Morgan fingerprint density at radius 1 is 1.06 bits per heavy atom. The summed E-state index contributed by atoms with van der Waals surface area (Å²) in [4.78, 5) is 6.68. The molecule has 1 aliphatic carbocycles. The highest BCUT2D eigenvalue weighted by Crippen LogP contribution is 2.40. The van der Waals surface area contributed by atoms with Crippen LogP contribution in [0.2, 0.25) is 10.0 Å². The highest BCUT2D eigenvalue weighted by molar-refractivity contribution is 6.43. The summed E-state index contributed by atoms with van der Waals surface area (Å²) in [6, 6.07) is 12.6. The van der Waals surface area contributed by atoms with Crippen molar-refractivity contribution in [2.24, 2.45) is 11.8 Å². The Labute approximate surface area is 198 Å². The molecule has 4 rings (SSSR count). The number of aromatic nitrogens is 2. The number of rotatable bonds is 6. The van der Waals surface area contributed by atoms with Gasteiger partial charge in [0.1, 0.15) is 5.82 Å². The Balaban J connectivity index is 1.38. The molecule has 1 atom stereocenters. The molecule has 1 heterocycles. The van der Waals surface area contributed by atoms with Crippen LogP contribution in [0.3, 0.4) is 0 Å². The van der Waals surface area contributed by atoms with Gasteiger partial charge in [-0.2, -0.15) is 4.98 Å². The van der Waals surface area contributed by atoms with Gasteiger partial charge in [-0.3, -0.25) is 0 Å². The van der Waals surface area contributed by atoms with E-state index >= 15 is 0 Å². The molecule has 0 radical (unpaired) electrons. The second kappa shape index (κ2) is 10.2. The summed E-state index contributed by atoms with van der Waals surface area (Å²) in [5, 5.41) is 4.91. The van der Waals surface area contributed by atoms with Crippen molar-refractivity contribution >= 4 is 29.3 Å². The molecule has 0 spiro atoms. The fraction of sp³-hybridized carbons (Fsp3) is 0.360. The van der Waals surface area contributed by atoms with E-state index in [1.54, 1.807) is 24.3 Å². The van der Waals surface area contributed by atoms with Crippen molar-refractivity contribution in [1.29, 1.82) is 0 Å². The molecular formula is C25H26Cl2FN3O. The monoisotopic (exact) mass is 473 g/mol. The van der Waals surface area contributed by atoms with E-state index in [0.717, 1.165) is 25.7 Å². The van der Waals surface area contributed by atoms with Gasteiger partial charge in [0, 0.05) is 11.6 Å². The minimum Gasteiger partial charge on any atom is -0.334 e. The van der Waals surface area contributed by atoms with Gasteiger partial charge in [0.25, 0.3) is 5.89 Å². The predicted molar refractivity (Wildman–Crippen MR) is 127 cm³/mol. The molecule has 0 saturated heterocycles. The van der Waals surface area contributed by atoms with Crippen LogP contribution in [0, 0.1) is 17.7 Å². The smallest absolute Gasteiger partial charge is 0.250 e. The van der Waals surface area contributed by atoms with Crippen molar-refractivity contribution in [1.82, 2.24) is 15.0 Å². The number of hydrogen-bond acceptors (Lipinski definition) is 4. The van der Waals surface area contributed by atoms with E-state index in [0.29, 0.717) is 45.2 Å². The summed E-state index contributed by atoms with van der Waals surface area (Å²) in [6.07, 6.45) is 8.46. The van der Waals surface area contributed by atoms with Gasteiger partial charge in [-0.25, -0.2) is 4.39 Å². The first-order valence-electron chi connectivity index (χ1n) is 10.8. The molecule has 0 aliphatic heterocycles. The third-order valence-electron chi connectivity index (χ3n) is 6.18. The highest BCUT2D eigenvalue weighted by Gasteiger charge is 2.29. The van der Waals surface area contributed by atoms with Crippen LogP contribution in [0.25, 0.3) is 17.5 Å². The van der Waals surface area contributed by atoms with Crippen molar-refractivity contribution in [3.8, 4) is 11.4 Å². The number of nitrogens with zero attached hydrogens (tertiary/aromatic N) is 3. The topological polar surface area (TPSA) is 42.2 Å². The quantitative estimate of drug-likeness (QED) is 0.376. The van der Waals surface area contributed by atoms with Gasteiger partial charge >= 0.3 is 0 Å². The number of halogens is 3. The maximum Gasteiger partial charge on any atom is 0.250 e. The molecule has 4 nitrogen and oxygen atoms in total. The second-order valence-electron chi connectivity index (χ2n) is 8.55. The van der Waals surface area contributed by atoms with E-state index in [2.05, 4.69) is 35.2 Å². The molecule has 0 amide bonds. The average Bonchev–Trinajstić information content (AvgIpc) is 3.25. The van der Waals surface area contributed by atoms with Crippen LogP contribution in [0.4, 0.5) is 4.39 Å². The van der Waals surface area contributed by atoms with Gasteiger partial charge in [0.15, 0.2) is 0 Å². The molecule has 0 bridgehead atoms. The highest BCUT2D eigenvalue weighted by atomic mass is 35.5. The van der Waals surface area contributed by atoms with Crippen molar-refractivity contribution in [3.05, 3.63) is 75.9 Å². The molecule has 2 aromatic carbocycles. The fourth-order valence-electron chi connectivity index (χ4n) is 4.61. The van der Waals surface area contributed by atoms with E-state index in [9.17, 15) is 4.39 Å². The first-order chi connectivity index (χ1) is 15.4. The zero-order valence-electron chi connectivity index (χ0n) is 18.1. The van der Waals surface area contributed by atoms with Crippen molar-refractivity contribution in [2.45, 2.75) is 31.7 Å². The van der Waals surface area contributed by atoms with Gasteiger partial charge in [0.2, 0.25) is 5.82 Å². The lowest BCUT2D eigenvalue weighted by molar-refractivity contribution is 0.159. The molecule has 1 saturated carbocycles. The predicted octanol–water partition coefficient (Wildman–Crippen LogP) is 7.31. The molecular weight excluding hydrogens is 448 g/mol. The van der Waals surface area contributed by atoms with Crippen LogP contribution in [-0.2, 0) is 0 Å². The van der Waals surface area contributed by atoms with Crippen molar-refractivity contribution < 1.29 is 8.91 Å². The molecule has 1 aromatic heterocycles. The first kappa shape index (κ1) is 23.0. The number of hydrogen-bond donors (Lipinski definition) is 0. The largest absolute Gasteiger partial charge is 0.334 e. The van der Waals surface area contributed by atoms with Gasteiger partial charge in [0.05, 0.1) is 10.0 Å². The van der Waals surface area contributed by atoms with Crippen LogP contribution in [-0.4, -0.2) is 29.1 Å². The molecule has 3 aromatic rings. The Morgan fingerprint density at radius 2 is 1.78 bits per heavy atom. The minimum absolute atomic E-state index is 0.193. The van der Waals surface area contributed by atoms with E-state index in [4.69, 9.17) is 27.7 Å². The molecule has 0 N–H and O–H groups in total. The van der Waals surface area contributed by atoms with Gasteiger partial charge in [-0.05, 0) is 87.5 Å². The molecule has 1 fully saturated rings. The Bertz CT molecular complexity index is 1070. The lowest BCUT2D eigenvalue weighted by atomic mass is 9.76. The third kappa shape index (κ3) is 5.22. The lowest BCUT2D eigenvalue weighted by Crippen LogP contribution is -2.30. The Kier molecular flexibility index (Phi) is 7.29. The molecule has 1 unspecified atom stereocenters. The summed E-state index contributed by atoms with van der Waals surface area (Å²) in [5.74, 6) is 1.69. The van der Waals surface area contributed by atoms with Crippen LogP contribution >= 0.6 is 23.2 Å². The third-order valence-corrected chi connectivity index (χ3v) is 6.99. The first-order valence-corrected chi connectivity index (χ1v) is 11.6. The van der Waals surface area contributed by atoms with Crippen LogP contribution in [0.15, 0.2) is 53.1 Å². The molecule has 1 aliphatic rings. The van der Waals surface area contributed by atoms with E-state index < -0.39 is 0 Å². The number of benzene rings is 2. The summed E-state index contributed by atoms with van der Waals surface area (Å²) >= 11 is 12.3. The van der Waals surface area contributed by atoms with E-state index in [1.807, 2.05) is 24.3 Å². The maximum atomic E-state index is 13.4. The van der Waals surface area contributed by atoms with E-state index in [1.165, 1.54) is 5.56 Å². The second-order valence-corrected chi connectivity index (χ2v) is 9.34. The standard InChI is InChI=1S/C25H26Cl2FN3O/c1-31(2)24(18-11-13-19(28)14-12-18)17-9-6-16(7-10-17)8-15-22-29-25(30-32-22)20-4-3-5-21(26)23(20)27/h3-5,8,11-17,24H,6-7,9-10H2,1-2H3/b15-8+. The fourth-order valence-corrected chi connectivity index (χ4v) is 5.00. The van der Waals surface area contributed by atoms with Gasteiger partial charge in [-0.1, -0.05) is 52.6 Å². The average molecular weight is 474 g/mol. The number of allylic oxidation sites excluding steroid dienone is 1. The van der Waals surface area contributed by atoms with Crippen molar-refractivity contribution in [2.75, 3.05) is 14.1 Å². The summed E-state index contributed by atoms with van der Waals surface area (Å²) < 4.78 is 18.7. The zero-order valence-corrected chi connectivity index (χ0v) is 19.7. The maximum absolute atomic E-state index is 13.4. The Hall–Kier alpha value is -2.21. The normalized spacial score (nSPS) is 20.2. The van der Waals surface area contributed by atoms with Crippen molar-refractivity contribution in [3.63, 3.8) is 0 Å². The summed E-state index contributed by atoms with van der Waals surface area (Å²) in [7, 11) is 4.19. The van der Waals surface area contributed by atoms with E-state index in [-0.39, 0.29) is 5.82 Å². The summed E-state index contributed by atoms with van der Waals surface area (Å²) in [6.45, 7) is 0. The van der Waals surface area contributed by atoms with Gasteiger partial charge in [-0.15, -0.1) is 0 Å². The zero-order chi connectivity index (χ0) is 22.7.